The molecule has 2 N–H and O–H groups in total. The highest BCUT2D eigenvalue weighted by atomic mass is 16.7. The number of hydroxylamine groups is 1. The first-order chi connectivity index (χ1) is 4.13. The minimum Gasteiger partial charge on any atom is -0.479 e. The van der Waals surface area contributed by atoms with Crippen molar-refractivity contribution < 1.29 is 14.7 Å². The van der Waals surface area contributed by atoms with Crippen molar-refractivity contribution in [3.63, 3.8) is 0 Å². The van der Waals surface area contributed by atoms with E-state index in [0.29, 0.717) is 5.70 Å². The molecule has 0 spiro atoms. The predicted molar refractivity (Wildman–Crippen MR) is 31.5 cm³/mol. The van der Waals surface area contributed by atoms with Crippen molar-refractivity contribution in [3.8, 4) is 0 Å². The molecule has 9 heavy (non-hydrogen) atoms. The van der Waals surface area contributed by atoms with Gasteiger partial charge in [-0.3, -0.25) is 10.3 Å². The van der Waals surface area contributed by atoms with Gasteiger partial charge in [0.1, 0.15) is 0 Å². The summed E-state index contributed by atoms with van der Waals surface area (Å²) in [4.78, 5) is 14.2. The first kappa shape index (κ1) is 7.97. The van der Waals surface area contributed by atoms with Gasteiger partial charge < -0.3 is 5.11 Å². The molecule has 0 atom stereocenters. The molecule has 0 radical (unpaired) electrons. The Balaban J connectivity index is 3.10. The average molecular weight is 131 g/mol. The number of carboxylic acids is 1. The van der Waals surface area contributed by atoms with Crippen molar-refractivity contribution in [1.82, 2.24) is 5.48 Å². The Morgan fingerprint density at radius 2 is 2.44 bits per heavy atom. The van der Waals surface area contributed by atoms with Gasteiger partial charge in [0, 0.05) is 5.70 Å². The maximum Gasteiger partial charge on any atom is 0.332 e. The van der Waals surface area contributed by atoms with Crippen molar-refractivity contribution >= 4 is 5.97 Å². The lowest BCUT2D eigenvalue weighted by Gasteiger charge is -2.00. The second kappa shape index (κ2) is 3.91. The van der Waals surface area contributed by atoms with E-state index in [4.69, 9.17) is 5.11 Å². The Labute approximate surface area is 53.1 Å². The first-order valence-corrected chi connectivity index (χ1v) is 2.38. The molecule has 0 amide bonds. The molecule has 0 heterocycles. The van der Waals surface area contributed by atoms with E-state index in [9.17, 15) is 4.79 Å². The molecule has 0 aromatic rings. The largest absolute Gasteiger partial charge is 0.479 e. The fourth-order valence-corrected chi connectivity index (χ4v) is 0.221. The number of carbonyl (C=O) groups is 1. The Kier molecular flexibility index (Phi) is 3.46. The number of allylic oxidation sites excluding steroid dienone is 1. The van der Waals surface area contributed by atoms with E-state index in [1.807, 2.05) is 0 Å². The van der Waals surface area contributed by atoms with Crippen LogP contribution in [-0.2, 0) is 9.63 Å². The van der Waals surface area contributed by atoms with Crippen LogP contribution in [0.4, 0.5) is 0 Å². The van der Waals surface area contributed by atoms with Crippen molar-refractivity contribution in [2.75, 3.05) is 6.61 Å². The molecular formula is C5H9NO3. The van der Waals surface area contributed by atoms with E-state index >= 15 is 0 Å². The van der Waals surface area contributed by atoms with Crippen molar-refractivity contribution in [2.45, 2.75) is 6.92 Å². The lowest BCUT2D eigenvalue weighted by Crippen LogP contribution is -2.17. The first-order valence-electron chi connectivity index (χ1n) is 2.38. The number of hydrogen-bond acceptors (Lipinski definition) is 3. The minimum absolute atomic E-state index is 0.354. The topological polar surface area (TPSA) is 58.6 Å². The number of carboxylic acid groups (broad SMARTS) is 1. The summed E-state index contributed by atoms with van der Waals surface area (Å²) in [7, 11) is 0. The third-order valence-corrected chi connectivity index (χ3v) is 0.442. The monoisotopic (exact) mass is 131 g/mol. The second-order valence-corrected chi connectivity index (χ2v) is 1.56. The zero-order chi connectivity index (χ0) is 7.28. The smallest absolute Gasteiger partial charge is 0.332 e. The Morgan fingerprint density at radius 3 is 2.78 bits per heavy atom. The molecule has 4 nitrogen and oxygen atoms in total. The van der Waals surface area contributed by atoms with Crippen LogP contribution in [0.1, 0.15) is 6.92 Å². The molecule has 0 aliphatic carbocycles. The van der Waals surface area contributed by atoms with Crippen molar-refractivity contribution in [2.24, 2.45) is 0 Å². The van der Waals surface area contributed by atoms with Crippen LogP contribution in [0, 0.1) is 0 Å². The number of rotatable bonds is 4. The molecular weight excluding hydrogens is 122 g/mol. The molecule has 0 bridgehead atoms. The summed E-state index contributed by atoms with van der Waals surface area (Å²) in [5.74, 6) is -1.01. The SMILES string of the molecule is C=C(C)NOCC(=O)O. The number of hydrogen-bond donors (Lipinski definition) is 2. The van der Waals surface area contributed by atoms with Gasteiger partial charge in [-0.1, -0.05) is 6.58 Å². The van der Waals surface area contributed by atoms with Crippen molar-refractivity contribution in [1.29, 1.82) is 0 Å². The summed E-state index contributed by atoms with van der Waals surface area (Å²) >= 11 is 0. The molecule has 0 saturated heterocycles. The number of aliphatic carboxylic acids is 1. The van der Waals surface area contributed by atoms with Crippen LogP contribution in [0.5, 0.6) is 0 Å². The van der Waals surface area contributed by atoms with E-state index in [2.05, 4.69) is 16.9 Å². The lowest BCUT2D eigenvalue weighted by atomic mass is 10.6. The fourth-order valence-electron chi connectivity index (χ4n) is 0.221. The summed E-state index contributed by atoms with van der Waals surface area (Å²) < 4.78 is 0. The molecule has 0 unspecified atom stereocenters. The summed E-state index contributed by atoms with van der Waals surface area (Å²) in [5, 5.41) is 8.03. The summed E-state index contributed by atoms with van der Waals surface area (Å²) in [6.45, 7) is 4.74. The lowest BCUT2D eigenvalue weighted by molar-refractivity contribution is -0.144. The summed E-state index contributed by atoms with van der Waals surface area (Å²) in [6.07, 6.45) is 0. The quantitative estimate of drug-likeness (QED) is 0.532. The molecule has 0 aliphatic heterocycles. The third kappa shape index (κ3) is 6.97. The average Bonchev–Trinajstić information content (AvgIpc) is 1.63. The minimum atomic E-state index is -1.01. The van der Waals surface area contributed by atoms with Gasteiger partial charge in [-0.2, -0.15) is 0 Å². The Hall–Kier alpha value is -1.03. The van der Waals surface area contributed by atoms with E-state index < -0.39 is 5.97 Å². The van der Waals surface area contributed by atoms with Gasteiger partial charge in [0.25, 0.3) is 0 Å². The highest BCUT2D eigenvalue weighted by Crippen LogP contribution is 1.77. The van der Waals surface area contributed by atoms with Crippen LogP contribution in [0.2, 0.25) is 0 Å². The highest BCUT2D eigenvalue weighted by Gasteiger charge is 1.93. The van der Waals surface area contributed by atoms with Crippen LogP contribution in [0.3, 0.4) is 0 Å². The normalized spacial score (nSPS) is 8.56. The highest BCUT2D eigenvalue weighted by molar-refractivity contribution is 5.67. The second-order valence-electron chi connectivity index (χ2n) is 1.56. The number of nitrogens with one attached hydrogen (secondary N) is 1. The Morgan fingerprint density at radius 1 is 1.89 bits per heavy atom. The van der Waals surface area contributed by atoms with Crippen LogP contribution in [0.15, 0.2) is 12.3 Å². The maximum absolute atomic E-state index is 9.79. The zero-order valence-electron chi connectivity index (χ0n) is 5.18. The van der Waals surface area contributed by atoms with E-state index in [1.165, 1.54) is 0 Å². The summed E-state index contributed by atoms with van der Waals surface area (Å²) in [5.41, 5.74) is 2.88. The van der Waals surface area contributed by atoms with Gasteiger partial charge in [-0.25, -0.2) is 4.79 Å². The van der Waals surface area contributed by atoms with E-state index in [0.717, 1.165) is 0 Å². The molecule has 0 aromatic heterocycles. The Bertz CT molecular complexity index is 107. The zero-order valence-corrected chi connectivity index (χ0v) is 5.18. The van der Waals surface area contributed by atoms with Crippen LogP contribution >= 0.6 is 0 Å². The van der Waals surface area contributed by atoms with Crippen LogP contribution < -0.4 is 5.48 Å². The standard InChI is InChI=1S/C5H9NO3/c1-4(2)6-9-3-5(7)8/h6H,1,3H2,2H3,(H,7,8). The van der Waals surface area contributed by atoms with E-state index in [1.54, 1.807) is 6.92 Å². The molecule has 0 aromatic carbocycles. The molecule has 0 rings (SSSR count). The molecule has 0 aliphatic rings. The molecule has 0 fully saturated rings. The fraction of sp³-hybridized carbons (Fsp3) is 0.400. The predicted octanol–water partition coefficient (Wildman–Crippen LogP) is 0.126. The third-order valence-electron chi connectivity index (χ3n) is 0.442. The van der Waals surface area contributed by atoms with Gasteiger partial charge in [0.15, 0.2) is 6.61 Å². The molecule has 52 valence electrons. The van der Waals surface area contributed by atoms with Gasteiger partial charge in [0.05, 0.1) is 0 Å². The van der Waals surface area contributed by atoms with Crippen LogP contribution in [-0.4, -0.2) is 17.7 Å². The van der Waals surface area contributed by atoms with Crippen LogP contribution in [0.25, 0.3) is 0 Å². The van der Waals surface area contributed by atoms with Gasteiger partial charge >= 0.3 is 5.97 Å². The molecule has 0 saturated carbocycles. The molecule has 4 heteroatoms. The van der Waals surface area contributed by atoms with Gasteiger partial charge in [-0.05, 0) is 6.92 Å². The maximum atomic E-state index is 9.79. The van der Waals surface area contributed by atoms with Crippen molar-refractivity contribution in [3.05, 3.63) is 12.3 Å². The summed E-state index contributed by atoms with van der Waals surface area (Å²) in [6, 6.07) is 0. The van der Waals surface area contributed by atoms with Gasteiger partial charge in [-0.15, -0.1) is 0 Å². The van der Waals surface area contributed by atoms with E-state index in [-0.39, 0.29) is 6.61 Å². The van der Waals surface area contributed by atoms with Gasteiger partial charge in [0.2, 0.25) is 0 Å².